The Morgan fingerprint density at radius 2 is 0.836 bits per heavy atom. The van der Waals surface area contributed by atoms with Gasteiger partial charge in [0, 0.05) is 23.5 Å². The second-order valence-corrected chi connectivity index (χ2v) is 15.8. The quantitative estimate of drug-likeness (QED) is 0.0700. The molecule has 5 nitrogen and oxygen atoms in total. The van der Waals surface area contributed by atoms with Crippen LogP contribution in [0.3, 0.4) is 0 Å². The van der Waals surface area contributed by atoms with Gasteiger partial charge in [-0.3, -0.25) is 0 Å². The summed E-state index contributed by atoms with van der Waals surface area (Å²) in [7, 11) is 0. The summed E-state index contributed by atoms with van der Waals surface area (Å²) in [6.45, 7) is 3.41. The molecule has 0 amide bonds. The average molecular weight is 787 g/mol. The van der Waals surface area contributed by atoms with E-state index in [0.29, 0.717) is 22.5 Å². The van der Waals surface area contributed by atoms with Gasteiger partial charge in [0.1, 0.15) is 5.75 Å². The fourth-order valence-corrected chi connectivity index (χ4v) is 9.31. The number of aromatic nitrogens is 2. The van der Waals surface area contributed by atoms with Crippen molar-refractivity contribution in [3.05, 3.63) is 187 Å². The van der Waals surface area contributed by atoms with E-state index in [9.17, 15) is 15.3 Å². The first-order valence-electron chi connectivity index (χ1n) is 20.4. The third-order valence-corrected chi connectivity index (χ3v) is 12.5. The fraction of sp³-hybridized carbons (Fsp3) is 0.0357. The summed E-state index contributed by atoms with van der Waals surface area (Å²) in [6.07, 6.45) is 3.47. The largest absolute Gasteiger partial charge is 0.507 e. The second-order valence-electron chi connectivity index (χ2n) is 15.8. The molecule has 0 saturated carbocycles. The van der Waals surface area contributed by atoms with E-state index in [1.165, 1.54) is 43.4 Å². The molecule has 0 atom stereocenters. The van der Waals surface area contributed by atoms with E-state index in [0.717, 1.165) is 49.4 Å². The SMILES string of the molecule is Cc1c(C)c(O)c(-c2ccc3c(-c4ccc(-c5ccc(-c6cc7c8ccccc8ccc7c7ccccc67)cc5)cc4)c4ccccc4c(-c4ncccn4)c3c2)c(O)c1O. The molecule has 11 rings (SSSR count). The molecule has 0 aliphatic rings. The molecule has 11 aromatic rings. The highest BCUT2D eigenvalue weighted by Gasteiger charge is 2.23. The Bertz CT molecular complexity index is 3530. The van der Waals surface area contributed by atoms with E-state index in [1.807, 2.05) is 30.3 Å². The molecular weight excluding hydrogens is 749 g/mol. The highest BCUT2D eigenvalue weighted by atomic mass is 16.3. The van der Waals surface area contributed by atoms with Crippen molar-refractivity contribution in [3.63, 3.8) is 0 Å². The summed E-state index contributed by atoms with van der Waals surface area (Å²) in [6, 6.07) is 57.7. The number of hydrogen-bond donors (Lipinski definition) is 3. The summed E-state index contributed by atoms with van der Waals surface area (Å²) in [5.41, 5.74) is 9.21. The van der Waals surface area contributed by atoms with Gasteiger partial charge in [0.15, 0.2) is 17.3 Å². The molecule has 5 heteroatoms. The third kappa shape index (κ3) is 5.70. The molecule has 1 heterocycles. The van der Waals surface area contributed by atoms with E-state index in [2.05, 4.69) is 137 Å². The minimum atomic E-state index is -0.360. The number of fused-ring (bicyclic) bond motifs is 7. The number of rotatable bonds is 5. The Hall–Kier alpha value is -8.02. The van der Waals surface area contributed by atoms with E-state index in [-0.39, 0.29) is 22.8 Å². The highest BCUT2D eigenvalue weighted by Crippen LogP contribution is 2.50. The molecule has 0 radical (unpaired) electrons. The molecule has 0 unspecified atom stereocenters. The minimum Gasteiger partial charge on any atom is -0.507 e. The van der Waals surface area contributed by atoms with Crippen LogP contribution >= 0.6 is 0 Å². The van der Waals surface area contributed by atoms with Crippen molar-refractivity contribution in [1.29, 1.82) is 0 Å². The zero-order valence-electron chi connectivity index (χ0n) is 33.5. The lowest BCUT2D eigenvalue weighted by Crippen LogP contribution is -1.95. The van der Waals surface area contributed by atoms with Crippen molar-refractivity contribution < 1.29 is 15.3 Å². The van der Waals surface area contributed by atoms with Crippen LogP contribution in [0.4, 0.5) is 0 Å². The molecule has 10 aromatic carbocycles. The van der Waals surface area contributed by atoms with E-state index < -0.39 is 0 Å². The highest BCUT2D eigenvalue weighted by molar-refractivity contribution is 6.22. The van der Waals surface area contributed by atoms with Crippen LogP contribution in [0.25, 0.3) is 110 Å². The van der Waals surface area contributed by atoms with E-state index >= 15 is 0 Å². The molecule has 0 aliphatic heterocycles. The number of aromatic hydroxyl groups is 3. The van der Waals surface area contributed by atoms with Gasteiger partial charge < -0.3 is 15.3 Å². The Morgan fingerprint density at radius 1 is 0.328 bits per heavy atom. The maximum atomic E-state index is 11.3. The predicted molar refractivity (Wildman–Crippen MR) is 251 cm³/mol. The summed E-state index contributed by atoms with van der Waals surface area (Å²) in [5, 5.41) is 44.6. The van der Waals surface area contributed by atoms with Gasteiger partial charge in [-0.15, -0.1) is 0 Å². The van der Waals surface area contributed by atoms with Crippen molar-refractivity contribution in [2.75, 3.05) is 0 Å². The normalized spacial score (nSPS) is 11.6. The number of hydrogen-bond acceptors (Lipinski definition) is 5. The molecule has 3 N–H and O–H groups in total. The Morgan fingerprint density at radius 3 is 1.54 bits per heavy atom. The topological polar surface area (TPSA) is 86.5 Å². The van der Waals surface area contributed by atoms with Crippen LogP contribution in [0.2, 0.25) is 0 Å². The van der Waals surface area contributed by atoms with Gasteiger partial charge in [0.05, 0.1) is 5.56 Å². The van der Waals surface area contributed by atoms with Gasteiger partial charge in [-0.1, -0.05) is 146 Å². The van der Waals surface area contributed by atoms with Crippen LogP contribution in [0, 0.1) is 13.8 Å². The number of benzene rings is 10. The average Bonchev–Trinajstić information content (AvgIpc) is 3.32. The first-order valence-corrected chi connectivity index (χ1v) is 20.4. The Balaban J connectivity index is 1.04. The number of nitrogens with zero attached hydrogens (tertiary/aromatic N) is 2. The van der Waals surface area contributed by atoms with Crippen molar-refractivity contribution in [2.24, 2.45) is 0 Å². The third-order valence-electron chi connectivity index (χ3n) is 12.5. The molecule has 0 aliphatic carbocycles. The fourth-order valence-electron chi connectivity index (χ4n) is 9.31. The van der Waals surface area contributed by atoms with Crippen molar-refractivity contribution in [2.45, 2.75) is 13.8 Å². The molecule has 0 spiro atoms. The van der Waals surface area contributed by atoms with E-state index in [1.54, 1.807) is 32.3 Å². The van der Waals surface area contributed by atoms with Gasteiger partial charge in [-0.25, -0.2) is 9.97 Å². The zero-order valence-corrected chi connectivity index (χ0v) is 33.5. The van der Waals surface area contributed by atoms with Gasteiger partial charge in [0.25, 0.3) is 0 Å². The summed E-state index contributed by atoms with van der Waals surface area (Å²) in [5.74, 6) is -0.121. The van der Waals surface area contributed by atoms with Crippen LogP contribution in [0.5, 0.6) is 17.2 Å². The van der Waals surface area contributed by atoms with Gasteiger partial charge in [-0.05, 0) is 130 Å². The van der Waals surface area contributed by atoms with Crippen LogP contribution in [0.1, 0.15) is 11.1 Å². The van der Waals surface area contributed by atoms with Crippen LogP contribution in [-0.2, 0) is 0 Å². The van der Waals surface area contributed by atoms with Crippen LogP contribution in [-0.4, -0.2) is 25.3 Å². The summed E-state index contributed by atoms with van der Waals surface area (Å²) >= 11 is 0. The lowest BCUT2D eigenvalue weighted by molar-refractivity contribution is 0.394. The second kappa shape index (κ2) is 14.1. The number of phenolic OH excluding ortho intramolecular Hbond substituents is 3. The molecule has 0 fully saturated rings. The first-order chi connectivity index (χ1) is 29.9. The summed E-state index contributed by atoms with van der Waals surface area (Å²) in [4.78, 5) is 9.38. The molecule has 0 saturated heterocycles. The van der Waals surface area contributed by atoms with Crippen LogP contribution < -0.4 is 0 Å². The molecule has 1 aromatic heterocycles. The first kappa shape index (κ1) is 36.1. The maximum absolute atomic E-state index is 11.3. The van der Waals surface area contributed by atoms with Gasteiger partial charge in [-0.2, -0.15) is 0 Å². The molecule has 290 valence electrons. The molecule has 61 heavy (non-hydrogen) atoms. The Kier molecular flexibility index (Phi) is 8.33. The standard InChI is InChI=1S/C56H38N2O3/c1-32-33(2)54(60)55(61)51(53(32)59)39-25-27-46-49(30-39)52(56-57-28-9-29-58-56)45-15-8-7-14-44(45)50(46)38-22-18-35(19-23-38)34-16-20-37(21-17-34)47-31-48-40-11-4-3-10-36(40)24-26-43(48)41-12-5-6-13-42(41)47/h3-31,59-61H,1-2H3. The Labute approximate surface area is 352 Å². The van der Waals surface area contributed by atoms with Crippen LogP contribution in [0.15, 0.2) is 176 Å². The maximum Gasteiger partial charge on any atom is 0.169 e. The number of phenols is 3. The smallest absolute Gasteiger partial charge is 0.169 e. The van der Waals surface area contributed by atoms with Gasteiger partial charge >= 0.3 is 0 Å². The zero-order chi connectivity index (χ0) is 41.4. The lowest BCUT2D eigenvalue weighted by atomic mass is 9.85. The molecular formula is C56H38N2O3. The van der Waals surface area contributed by atoms with Gasteiger partial charge in [0.2, 0.25) is 0 Å². The van der Waals surface area contributed by atoms with Crippen molar-refractivity contribution >= 4 is 53.9 Å². The van der Waals surface area contributed by atoms with Crippen molar-refractivity contribution in [3.8, 4) is 73.1 Å². The predicted octanol–water partition coefficient (Wildman–Crippen LogP) is 14.3. The molecule has 0 bridgehead atoms. The van der Waals surface area contributed by atoms with E-state index in [4.69, 9.17) is 0 Å². The van der Waals surface area contributed by atoms with Crippen molar-refractivity contribution in [1.82, 2.24) is 9.97 Å². The summed E-state index contributed by atoms with van der Waals surface area (Å²) < 4.78 is 0. The monoisotopic (exact) mass is 786 g/mol. The minimum absolute atomic E-state index is 0.0754. The lowest BCUT2D eigenvalue weighted by Gasteiger charge is -2.19.